The number of nitrogen functional groups attached to an aromatic ring is 1. The van der Waals surface area contributed by atoms with Crippen LogP contribution < -0.4 is 11.5 Å². The first-order valence-corrected chi connectivity index (χ1v) is 4.01. The van der Waals surface area contributed by atoms with Gasteiger partial charge < -0.3 is 11.5 Å². The van der Waals surface area contributed by atoms with E-state index in [0.29, 0.717) is 5.56 Å². The molecule has 0 saturated heterocycles. The van der Waals surface area contributed by atoms with Crippen LogP contribution >= 0.6 is 0 Å². The fourth-order valence-electron chi connectivity index (χ4n) is 0.988. The molecule has 1 amide bonds. The second kappa shape index (κ2) is 4.23. The number of benzene rings is 1. The Morgan fingerprint density at radius 3 is 2.64 bits per heavy atom. The van der Waals surface area contributed by atoms with E-state index in [2.05, 4.69) is 0 Å². The van der Waals surface area contributed by atoms with Crippen LogP contribution in [0.15, 0.2) is 30.3 Å². The summed E-state index contributed by atoms with van der Waals surface area (Å²) < 4.78 is 0. The van der Waals surface area contributed by atoms with Gasteiger partial charge >= 0.3 is 0 Å². The molecular formula is C10H11N3O. The number of rotatable bonds is 3. The molecule has 5 N–H and O–H groups in total. The molecule has 0 aliphatic rings. The first-order chi connectivity index (χ1) is 6.59. The van der Waals surface area contributed by atoms with Crippen molar-refractivity contribution in [3.8, 4) is 0 Å². The molecule has 0 atom stereocenters. The van der Waals surface area contributed by atoms with Crippen LogP contribution in [0, 0.1) is 5.41 Å². The van der Waals surface area contributed by atoms with Gasteiger partial charge in [-0.2, -0.15) is 0 Å². The molecular weight excluding hydrogens is 178 g/mol. The molecule has 0 bridgehead atoms. The number of hydrogen-bond donors (Lipinski definition) is 3. The molecule has 14 heavy (non-hydrogen) atoms. The van der Waals surface area contributed by atoms with Gasteiger partial charge in [-0.05, 0) is 17.7 Å². The third kappa shape index (κ3) is 2.75. The lowest BCUT2D eigenvalue weighted by Gasteiger charge is -1.98. The summed E-state index contributed by atoms with van der Waals surface area (Å²) in [5.41, 5.74) is 11.7. The van der Waals surface area contributed by atoms with E-state index in [4.69, 9.17) is 16.9 Å². The van der Waals surface area contributed by atoms with Crippen LogP contribution in [0.25, 0.3) is 6.08 Å². The zero-order valence-electron chi connectivity index (χ0n) is 7.53. The standard InChI is InChI=1S/C10H11N3O/c11-9(14)5-4-7-2-1-3-8(6-7)10(12)13/h1-6H,(H2,11,14)(H3,12,13). The van der Waals surface area contributed by atoms with Gasteiger partial charge in [0, 0.05) is 11.6 Å². The maximum absolute atomic E-state index is 10.5. The second-order valence-electron chi connectivity index (χ2n) is 2.77. The van der Waals surface area contributed by atoms with Crippen molar-refractivity contribution in [2.45, 2.75) is 0 Å². The van der Waals surface area contributed by atoms with E-state index in [0.717, 1.165) is 5.56 Å². The summed E-state index contributed by atoms with van der Waals surface area (Å²) in [4.78, 5) is 10.5. The Hall–Kier alpha value is -2.10. The number of carbonyl (C=O) groups excluding carboxylic acids is 1. The van der Waals surface area contributed by atoms with Gasteiger partial charge in [0.25, 0.3) is 0 Å². The molecule has 1 aromatic carbocycles. The highest BCUT2D eigenvalue weighted by atomic mass is 16.1. The normalized spacial score (nSPS) is 10.3. The van der Waals surface area contributed by atoms with Crippen LogP contribution in [0.3, 0.4) is 0 Å². The molecule has 0 saturated carbocycles. The first-order valence-electron chi connectivity index (χ1n) is 4.01. The molecule has 0 aliphatic carbocycles. The highest BCUT2D eigenvalue weighted by Crippen LogP contribution is 2.06. The van der Waals surface area contributed by atoms with Crippen LogP contribution in [0.5, 0.6) is 0 Å². The summed E-state index contributed by atoms with van der Waals surface area (Å²) in [7, 11) is 0. The van der Waals surface area contributed by atoms with Crippen LogP contribution in [0.1, 0.15) is 11.1 Å². The fraction of sp³-hybridized carbons (Fsp3) is 0. The predicted molar refractivity (Wildman–Crippen MR) is 55.7 cm³/mol. The van der Waals surface area contributed by atoms with E-state index in [-0.39, 0.29) is 5.84 Å². The van der Waals surface area contributed by atoms with E-state index in [1.807, 2.05) is 0 Å². The van der Waals surface area contributed by atoms with Gasteiger partial charge in [-0.3, -0.25) is 10.2 Å². The van der Waals surface area contributed by atoms with Gasteiger partial charge in [0.2, 0.25) is 5.91 Å². The molecule has 0 spiro atoms. The summed E-state index contributed by atoms with van der Waals surface area (Å²) in [6, 6.07) is 7.00. The van der Waals surface area contributed by atoms with Gasteiger partial charge in [-0.15, -0.1) is 0 Å². The number of amidine groups is 1. The topological polar surface area (TPSA) is 93.0 Å². The molecule has 0 heterocycles. The van der Waals surface area contributed by atoms with Crippen molar-refractivity contribution < 1.29 is 4.79 Å². The summed E-state index contributed by atoms with van der Waals surface area (Å²) in [5.74, 6) is -0.502. The highest BCUT2D eigenvalue weighted by Gasteiger charge is 1.95. The van der Waals surface area contributed by atoms with E-state index >= 15 is 0 Å². The van der Waals surface area contributed by atoms with Gasteiger partial charge in [-0.25, -0.2) is 0 Å². The Bertz CT molecular complexity index is 396. The van der Waals surface area contributed by atoms with Gasteiger partial charge in [-0.1, -0.05) is 18.2 Å². The van der Waals surface area contributed by atoms with Crippen molar-refractivity contribution in [1.29, 1.82) is 5.41 Å². The minimum Gasteiger partial charge on any atom is -0.384 e. The Labute approximate surface area is 81.7 Å². The molecule has 72 valence electrons. The Kier molecular flexibility index (Phi) is 3.01. The number of primary amides is 1. The van der Waals surface area contributed by atoms with Gasteiger partial charge in [0.05, 0.1) is 0 Å². The second-order valence-corrected chi connectivity index (χ2v) is 2.77. The van der Waals surface area contributed by atoms with Crippen LogP contribution in [-0.2, 0) is 4.79 Å². The Balaban J connectivity index is 2.94. The number of carbonyl (C=O) groups is 1. The summed E-state index contributed by atoms with van der Waals surface area (Å²) in [6.07, 6.45) is 2.84. The molecule has 0 fully saturated rings. The van der Waals surface area contributed by atoms with E-state index in [1.54, 1.807) is 30.3 Å². The maximum atomic E-state index is 10.5. The van der Waals surface area contributed by atoms with Crippen molar-refractivity contribution >= 4 is 17.8 Å². The number of hydrogen-bond acceptors (Lipinski definition) is 2. The molecule has 0 unspecified atom stereocenters. The Morgan fingerprint density at radius 1 is 1.36 bits per heavy atom. The van der Waals surface area contributed by atoms with Crippen molar-refractivity contribution in [2.75, 3.05) is 0 Å². The number of nitrogens with two attached hydrogens (primary N) is 2. The minimum absolute atomic E-state index is 0.000625. The van der Waals surface area contributed by atoms with Gasteiger partial charge in [0.15, 0.2) is 0 Å². The summed E-state index contributed by atoms with van der Waals surface area (Å²) in [6.45, 7) is 0. The predicted octanol–water partition coefficient (Wildman–Crippen LogP) is 0.469. The lowest BCUT2D eigenvalue weighted by Crippen LogP contribution is -2.10. The minimum atomic E-state index is -0.502. The monoisotopic (exact) mass is 189 g/mol. The average molecular weight is 189 g/mol. The molecule has 0 radical (unpaired) electrons. The zero-order valence-corrected chi connectivity index (χ0v) is 7.53. The molecule has 0 aromatic heterocycles. The molecule has 1 aromatic rings. The van der Waals surface area contributed by atoms with Crippen molar-refractivity contribution in [2.24, 2.45) is 11.5 Å². The van der Waals surface area contributed by atoms with Crippen molar-refractivity contribution in [3.63, 3.8) is 0 Å². The maximum Gasteiger partial charge on any atom is 0.241 e. The largest absolute Gasteiger partial charge is 0.384 e. The fourth-order valence-corrected chi connectivity index (χ4v) is 0.988. The molecule has 0 aliphatic heterocycles. The average Bonchev–Trinajstić information content (AvgIpc) is 2.15. The molecule has 1 rings (SSSR count). The van der Waals surface area contributed by atoms with Crippen LogP contribution in [-0.4, -0.2) is 11.7 Å². The quantitative estimate of drug-likeness (QED) is 0.366. The number of nitrogens with one attached hydrogen (secondary N) is 1. The highest BCUT2D eigenvalue weighted by molar-refractivity contribution is 5.96. The number of amides is 1. The lowest BCUT2D eigenvalue weighted by atomic mass is 10.1. The lowest BCUT2D eigenvalue weighted by molar-refractivity contribution is -0.113. The zero-order chi connectivity index (χ0) is 10.6. The third-order valence-corrected chi connectivity index (χ3v) is 1.64. The first kappa shape index (κ1) is 9.98. The van der Waals surface area contributed by atoms with Crippen molar-refractivity contribution in [3.05, 3.63) is 41.5 Å². The van der Waals surface area contributed by atoms with Crippen molar-refractivity contribution in [1.82, 2.24) is 0 Å². The van der Waals surface area contributed by atoms with Crippen LogP contribution in [0.4, 0.5) is 0 Å². The van der Waals surface area contributed by atoms with Crippen LogP contribution in [0.2, 0.25) is 0 Å². The summed E-state index contributed by atoms with van der Waals surface area (Å²) >= 11 is 0. The third-order valence-electron chi connectivity index (χ3n) is 1.64. The Morgan fingerprint density at radius 2 is 2.07 bits per heavy atom. The van der Waals surface area contributed by atoms with E-state index in [1.165, 1.54) is 6.08 Å². The van der Waals surface area contributed by atoms with E-state index < -0.39 is 5.91 Å². The van der Waals surface area contributed by atoms with Gasteiger partial charge in [0.1, 0.15) is 5.84 Å². The van der Waals surface area contributed by atoms with E-state index in [9.17, 15) is 4.79 Å². The molecule has 4 nitrogen and oxygen atoms in total. The summed E-state index contributed by atoms with van der Waals surface area (Å²) in [5, 5.41) is 7.21. The smallest absolute Gasteiger partial charge is 0.241 e. The SMILES string of the molecule is N=C(N)c1cccc(C=CC(N)=O)c1. The molecule has 4 heteroatoms.